The normalized spacial score (nSPS) is 11.1. The van der Waals surface area contributed by atoms with E-state index in [0.29, 0.717) is 0 Å². The summed E-state index contributed by atoms with van der Waals surface area (Å²) in [6.07, 6.45) is 2.07. The van der Waals surface area contributed by atoms with E-state index in [-0.39, 0.29) is 0 Å². The van der Waals surface area contributed by atoms with Crippen LogP contribution in [-0.2, 0) is 19.4 Å². The first kappa shape index (κ1) is 19.4. The molecule has 0 saturated heterocycles. The molecule has 0 radical (unpaired) electrons. The molecule has 2 nitrogen and oxygen atoms in total. The van der Waals surface area contributed by atoms with Crippen LogP contribution in [-0.4, -0.2) is 23.0 Å². The van der Waals surface area contributed by atoms with Crippen LogP contribution in [0.25, 0.3) is 11.3 Å². The Morgan fingerprint density at radius 2 is 1.64 bits per heavy atom. The molecule has 0 aliphatic rings. The number of aromatic nitrogens is 1. The van der Waals surface area contributed by atoms with Crippen molar-refractivity contribution in [3.8, 4) is 11.3 Å². The van der Waals surface area contributed by atoms with Gasteiger partial charge >= 0.3 is 0 Å². The smallest absolute Gasteiger partial charge is 0.0710 e. The van der Waals surface area contributed by atoms with Crippen molar-refractivity contribution in [3.05, 3.63) is 64.9 Å². The van der Waals surface area contributed by atoms with Crippen LogP contribution in [0.3, 0.4) is 0 Å². The van der Waals surface area contributed by atoms with E-state index in [4.69, 9.17) is 4.98 Å². The van der Waals surface area contributed by atoms with Crippen LogP contribution in [0.2, 0.25) is 0 Å². The second-order valence-electron chi connectivity index (χ2n) is 6.86. The van der Waals surface area contributed by atoms with Gasteiger partial charge in [0, 0.05) is 24.3 Å². The van der Waals surface area contributed by atoms with Crippen molar-refractivity contribution in [2.75, 3.05) is 13.1 Å². The third kappa shape index (κ3) is 4.79. The van der Waals surface area contributed by atoms with Gasteiger partial charge in [0.1, 0.15) is 0 Å². The lowest BCUT2D eigenvalue weighted by Crippen LogP contribution is -2.25. The Bertz CT molecular complexity index is 709. The summed E-state index contributed by atoms with van der Waals surface area (Å²) < 4.78 is 0. The fourth-order valence-corrected chi connectivity index (χ4v) is 3.37. The van der Waals surface area contributed by atoms with E-state index in [1.807, 2.05) is 0 Å². The standard InChI is InChI=1S/C23H32N2/c1-7-19-11-10-12-20(8-2)23(19)22-14-13-21(18(6)24-22)16-25(9-3)15-17(4)5/h10-14H,4,7-9,15-16H2,1-3,5-6H3. The van der Waals surface area contributed by atoms with Crippen LogP contribution >= 0.6 is 0 Å². The molecule has 0 aliphatic heterocycles. The quantitative estimate of drug-likeness (QED) is 0.585. The van der Waals surface area contributed by atoms with E-state index < -0.39 is 0 Å². The Morgan fingerprint density at radius 3 is 2.12 bits per heavy atom. The van der Waals surface area contributed by atoms with Crippen molar-refractivity contribution >= 4 is 0 Å². The highest BCUT2D eigenvalue weighted by molar-refractivity contribution is 5.68. The molecule has 134 valence electrons. The number of hydrogen-bond acceptors (Lipinski definition) is 2. The molecule has 2 aromatic rings. The van der Waals surface area contributed by atoms with Crippen LogP contribution in [0, 0.1) is 6.92 Å². The second-order valence-corrected chi connectivity index (χ2v) is 6.86. The zero-order chi connectivity index (χ0) is 18.4. The number of likely N-dealkylation sites (N-methyl/N-ethyl adjacent to an activating group) is 1. The topological polar surface area (TPSA) is 16.1 Å². The minimum atomic E-state index is 0.929. The first-order valence-corrected chi connectivity index (χ1v) is 9.44. The van der Waals surface area contributed by atoms with Gasteiger partial charge in [-0.15, -0.1) is 0 Å². The van der Waals surface area contributed by atoms with Gasteiger partial charge in [0.15, 0.2) is 0 Å². The van der Waals surface area contributed by atoms with E-state index in [1.54, 1.807) is 0 Å². The average molecular weight is 337 g/mol. The maximum Gasteiger partial charge on any atom is 0.0710 e. The Morgan fingerprint density at radius 1 is 1.00 bits per heavy atom. The molecular formula is C23H32N2. The van der Waals surface area contributed by atoms with Crippen molar-refractivity contribution in [1.29, 1.82) is 0 Å². The van der Waals surface area contributed by atoms with Crippen molar-refractivity contribution in [2.24, 2.45) is 0 Å². The molecule has 25 heavy (non-hydrogen) atoms. The fraction of sp³-hybridized carbons (Fsp3) is 0.435. The summed E-state index contributed by atoms with van der Waals surface area (Å²) in [5, 5.41) is 0. The summed E-state index contributed by atoms with van der Waals surface area (Å²) in [6, 6.07) is 11.1. The van der Waals surface area contributed by atoms with Gasteiger partial charge in [-0.05, 0) is 56.0 Å². The Balaban J connectivity index is 2.36. The fourth-order valence-electron chi connectivity index (χ4n) is 3.37. The number of benzene rings is 1. The summed E-state index contributed by atoms with van der Waals surface area (Å²) in [7, 11) is 0. The van der Waals surface area contributed by atoms with Crippen molar-refractivity contribution in [3.63, 3.8) is 0 Å². The monoisotopic (exact) mass is 336 g/mol. The van der Waals surface area contributed by atoms with E-state index in [9.17, 15) is 0 Å². The molecule has 0 spiro atoms. The molecule has 0 N–H and O–H groups in total. The minimum Gasteiger partial charge on any atom is -0.295 e. The maximum atomic E-state index is 4.98. The summed E-state index contributed by atoms with van der Waals surface area (Å²) in [6.45, 7) is 17.8. The summed E-state index contributed by atoms with van der Waals surface area (Å²) in [4.78, 5) is 7.38. The van der Waals surface area contributed by atoms with Crippen LogP contribution < -0.4 is 0 Å². The van der Waals surface area contributed by atoms with Crippen molar-refractivity contribution in [1.82, 2.24) is 9.88 Å². The molecule has 2 rings (SSSR count). The molecule has 0 aliphatic carbocycles. The first-order valence-electron chi connectivity index (χ1n) is 9.44. The molecular weight excluding hydrogens is 304 g/mol. The molecule has 2 heteroatoms. The van der Waals surface area contributed by atoms with Crippen LogP contribution in [0.4, 0.5) is 0 Å². The van der Waals surface area contributed by atoms with Gasteiger partial charge < -0.3 is 0 Å². The van der Waals surface area contributed by atoms with Crippen molar-refractivity contribution in [2.45, 2.75) is 54.0 Å². The number of nitrogens with zero attached hydrogens (tertiary/aromatic N) is 2. The molecule has 1 heterocycles. The molecule has 1 aromatic heterocycles. The summed E-state index contributed by atoms with van der Waals surface area (Å²) in [5.41, 5.74) is 8.85. The third-order valence-corrected chi connectivity index (χ3v) is 4.78. The lowest BCUT2D eigenvalue weighted by molar-refractivity contribution is 0.303. The van der Waals surface area contributed by atoms with Crippen LogP contribution in [0.5, 0.6) is 0 Å². The van der Waals surface area contributed by atoms with Gasteiger partial charge in [0.05, 0.1) is 5.69 Å². The SMILES string of the molecule is C=C(C)CN(CC)Cc1ccc(-c2c(CC)cccc2CC)nc1C. The summed E-state index contributed by atoms with van der Waals surface area (Å²) >= 11 is 0. The molecule has 0 bridgehead atoms. The highest BCUT2D eigenvalue weighted by atomic mass is 15.1. The molecule has 0 saturated carbocycles. The second kappa shape index (κ2) is 8.96. The molecule has 0 atom stereocenters. The number of hydrogen-bond donors (Lipinski definition) is 0. The van der Waals surface area contributed by atoms with Gasteiger partial charge in [-0.2, -0.15) is 0 Å². The summed E-state index contributed by atoms with van der Waals surface area (Å²) in [5.74, 6) is 0. The maximum absolute atomic E-state index is 4.98. The molecule has 1 aromatic carbocycles. The third-order valence-electron chi connectivity index (χ3n) is 4.78. The minimum absolute atomic E-state index is 0.929. The van der Waals surface area contributed by atoms with Gasteiger partial charge in [0.25, 0.3) is 0 Å². The van der Waals surface area contributed by atoms with Crippen LogP contribution in [0.1, 0.15) is 50.1 Å². The highest BCUT2D eigenvalue weighted by Gasteiger charge is 2.13. The Labute approximate surface area is 153 Å². The van der Waals surface area contributed by atoms with E-state index in [2.05, 4.69) is 76.4 Å². The highest BCUT2D eigenvalue weighted by Crippen LogP contribution is 2.28. The molecule has 0 fully saturated rings. The number of rotatable bonds is 8. The molecule has 0 amide bonds. The number of aryl methyl sites for hydroxylation is 3. The predicted molar refractivity (Wildman–Crippen MR) is 109 cm³/mol. The Kier molecular flexibility index (Phi) is 6.95. The first-order chi connectivity index (χ1) is 12.0. The lowest BCUT2D eigenvalue weighted by atomic mass is 9.94. The number of pyridine rings is 1. The zero-order valence-electron chi connectivity index (χ0n) is 16.5. The van der Waals surface area contributed by atoms with Gasteiger partial charge in [0.2, 0.25) is 0 Å². The lowest BCUT2D eigenvalue weighted by Gasteiger charge is -2.22. The van der Waals surface area contributed by atoms with Gasteiger partial charge in [-0.1, -0.05) is 57.2 Å². The van der Waals surface area contributed by atoms with Gasteiger partial charge in [-0.25, -0.2) is 0 Å². The van der Waals surface area contributed by atoms with Crippen molar-refractivity contribution < 1.29 is 0 Å². The molecule has 0 unspecified atom stereocenters. The largest absolute Gasteiger partial charge is 0.295 e. The predicted octanol–water partition coefficient (Wildman–Crippen LogP) is 5.58. The zero-order valence-corrected chi connectivity index (χ0v) is 16.5. The van der Waals surface area contributed by atoms with Gasteiger partial charge in [-0.3, -0.25) is 9.88 Å². The average Bonchev–Trinajstić information content (AvgIpc) is 2.61. The Hall–Kier alpha value is -1.93. The van der Waals surface area contributed by atoms with E-state index >= 15 is 0 Å². The van der Waals surface area contributed by atoms with E-state index in [1.165, 1.54) is 27.8 Å². The van der Waals surface area contributed by atoms with Crippen LogP contribution in [0.15, 0.2) is 42.5 Å². The van der Waals surface area contributed by atoms with E-state index in [0.717, 1.165) is 43.9 Å².